The Hall–Kier alpha value is -3.68. The SMILES string of the molecule is CN1C(=O)C(NC(=O)c2nnc(Cc3ccccc3)[nH]2)CN2CCc3cccc1c32. The van der Waals surface area contributed by atoms with E-state index < -0.39 is 11.9 Å². The number of nitrogens with one attached hydrogen (secondary N) is 2. The van der Waals surface area contributed by atoms with E-state index in [0.29, 0.717) is 18.8 Å². The Bertz CT molecular complexity index is 1110. The van der Waals surface area contributed by atoms with Gasteiger partial charge in [0, 0.05) is 26.6 Å². The number of anilines is 2. The molecule has 2 aliphatic heterocycles. The zero-order valence-electron chi connectivity index (χ0n) is 16.6. The van der Waals surface area contributed by atoms with Crippen molar-refractivity contribution in [2.75, 3.05) is 29.9 Å². The van der Waals surface area contributed by atoms with E-state index >= 15 is 0 Å². The molecule has 0 fully saturated rings. The van der Waals surface area contributed by atoms with E-state index in [2.05, 4.69) is 31.5 Å². The Morgan fingerprint density at radius 2 is 2.00 bits per heavy atom. The maximum Gasteiger partial charge on any atom is 0.289 e. The van der Waals surface area contributed by atoms with Crippen LogP contribution in [0.4, 0.5) is 11.4 Å². The van der Waals surface area contributed by atoms with Crippen molar-refractivity contribution in [3.63, 3.8) is 0 Å². The third-order valence-corrected chi connectivity index (χ3v) is 5.73. The topological polar surface area (TPSA) is 94.2 Å². The van der Waals surface area contributed by atoms with Gasteiger partial charge in [0.1, 0.15) is 11.9 Å². The second-order valence-corrected chi connectivity index (χ2v) is 7.69. The zero-order valence-corrected chi connectivity index (χ0v) is 16.6. The highest BCUT2D eigenvalue weighted by atomic mass is 16.2. The lowest BCUT2D eigenvalue weighted by molar-refractivity contribution is -0.119. The van der Waals surface area contributed by atoms with Crippen LogP contribution in [0.15, 0.2) is 48.5 Å². The number of carbonyl (C=O) groups is 2. The summed E-state index contributed by atoms with van der Waals surface area (Å²) >= 11 is 0. The lowest BCUT2D eigenvalue weighted by atomic mass is 10.1. The molecule has 3 heterocycles. The highest BCUT2D eigenvalue weighted by Crippen LogP contribution is 2.39. The Morgan fingerprint density at radius 3 is 2.83 bits per heavy atom. The summed E-state index contributed by atoms with van der Waals surface area (Å²) in [5, 5.41) is 10.9. The van der Waals surface area contributed by atoms with Gasteiger partial charge in [-0.2, -0.15) is 0 Å². The van der Waals surface area contributed by atoms with Crippen LogP contribution in [0.5, 0.6) is 0 Å². The highest BCUT2D eigenvalue weighted by molar-refractivity contribution is 6.05. The summed E-state index contributed by atoms with van der Waals surface area (Å²) in [6.45, 7) is 1.27. The van der Waals surface area contributed by atoms with E-state index in [0.717, 1.165) is 29.9 Å². The maximum atomic E-state index is 13.0. The smallest absolute Gasteiger partial charge is 0.289 e. The summed E-state index contributed by atoms with van der Waals surface area (Å²) in [5.41, 5.74) is 4.29. The molecule has 0 aliphatic carbocycles. The van der Waals surface area contributed by atoms with Gasteiger partial charge in [-0.15, -0.1) is 10.2 Å². The molecule has 5 rings (SSSR count). The molecule has 0 bridgehead atoms. The van der Waals surface area contributed by atoms with Gasteiger partial charge in [-0.25, -0.2) is 0 Å². The quantitative estimate of drug-likeness (QED) is 0.690. The average Bonchev–Trinajstić information content (AvgIpc) is 3.38. The lowest BCUT2D eigenvalue weighted by Gasteiger charge is -2.22. The van der Waals surface area contributed by atoms with Gasteiger partial charge >= 0.3 is 0 Å². The van der Waals surface area contributed by atoms with Crippen LogP contribution < -0.4 is 15.1 Å². The molecular formula is C22H22N6O2. The number of nitrogens with zero attached hydrogens (tertiary/aromatic N) is 4. The molecule has 1 atom stereocenters. The molecule has 3 aromatic rings. The molecule has 0 radical (unpaired) electrons. The first kappa shape index (κ1) is 18.4. The first-order valence-electron chi connectivity index (χ1n) is 10.0. The number of rotatable bonds is 4. The number of hydrogen-bond donors (Lipinski definition) is 2. The molecule has 1 unspecified atom stereocenters. The van der Waals surface area contributed by atoms with Crippen molar-refractivity contribution in [2.24, 2.45) is 0 Å². The first-order chi connectivity index (χ1) is 14.6. The molecule has 2 aliphatic rings. The van der Waals surface area contributed by atoms with Crippen LogP contribution in [0.1, 0.15) is 27.6 Å². The summed E-state index contributed by atoms with van der Waals surface area (Å²) in [6, 6.07) is 15.2. The number of hydrogen-bond acceptors (Lipinski definition) is 5. The summed E-state index contributed by atoms with van der Waals surface area (Å²) in [4.78, 5) is 32.6. The van der Waals surface area contributed by atoms with Gasteiger partial charge in [-0.1, -0.05) is 42.5 Å². The summed E-state index contributed by atoms with van der Waals surface area (Å²) in [7, 11) is 1.76. The third kappa shape index (κ3) is 3.20. The molecule has 2 amide bonds. The zero-order chi connectivity index (χ0) is 20.7. The van der Waals surface area contributed by atoms with Crippen LogP contribution in [0.2, 0.25) is 0 Å². The van der Waals surface area contributed by atoms with Crippen LogP contribution in [-0.4, -0.2) is 53.2 Å². The summed E-state index contributed by atoms with van der Waals surface area (Å²) in [6.07, 6.45) is 1.49. The predicted octanol–water partition coefficient (Wildman–Crippen LogP) is 1.53. The molecule has 152 valence electrons. The number of H-pyrrole nitrogens is 1. The first-order valence-corrected chi connectivity index (χ1v) is 10.0. The van der Waals surface area contributed by atoms with Gasteiger partial charge in [-0.3, -0.25) is 9.59 Å². The fourth-order valence-corrected chi connectivity index (χ4v) is 4.22. The number of aromatic nitrogens is 3. The number of benzene rings is 2. The van der Waals surface area contributed by atoms with Crippen LogP contribution in [0.25, 0.3) is 0 Å². The van der Waals surface area contributed by atoms with Crippen molar-refractivity contribution in [2.45, 2.75) is 18.9 Å². The lowest BCUT2D eigenvalue weighted by Crippen LogP contribution is -2.51. The molecular weight excluding hydrogens is 380 g/mol. The monoisotopic (exact) mass is 402 g/mol. The molecule has 8 nitrogen and oxygen atoms in total. The van der Waals surface area contributed by atoms with Crippen molar-refractivity contribution in [3.8, 4) is 0 Å². The van der Waals surface area contributed by atoms with E-state index in [1.54, 1.807) is 11.9 Å². The van der Waals surface area contributed by atoms with Gasteiger partial charge in [0.15, 0.2) is 0 Å². The Labute approximate surface area is 173 Å². The van der Waals surface area contributed by atoms with Gasteiger partial charge in [0.2, 0.25) is 5.82 Å². The van der Waals surface area contributed by atoms with E-state index in [1.165, 1.54) is 5.56 Å². The second kappa shape index (κ2) is 7.29. The maximum absolute atomic E-state index is 13.0. The molecule has 1 aromatic heterocycles. The van der Waals surface area contributed by atoms with Gasteiger partial charge < -0.3 is 20.1 Å². The largest absolute Gasteiger partial charge is 0.367 e. The van der Waals surface area contributed by atoms with Crippen molar-refractivity contribution >= 4 is 23.2 Å². The van der Waals surface area contributed by atoms with E-state index in [1.807, 2.05) is 42.5 Å². The molecule has 2 aromatic carbocycles. The fraction of sp³-hybridized carbons (Fsp3) is 0.273. The minimum absolute atomic E-state index is 0.111. The third-order valence-electron chi connectivity index (χ3n) is 5.73. The van der Waals surface area contributed by atoms with Crippen molar-refractivity contribution in [1.82, 2.24) is 20.5 Å². The van der Waals surface area contributed by atoms with Crippen LogP contribution in [0, 0.1) is 0 Å². The Morgan fingerprint density at radius 1 is 1.17 bits per heavy atom. The molecule has 30 heavy (non-hydrogen) atoms. The van der Waals surface area contributed by atoms with Gasteiger partial charge in [0.05, 0.1) is 11.4 Å². The van der Waals surface area contributed by atoms with Crippen LogP contribution >= 0.6 is 0 Å². The van der Waals surface area contributed by atoms with Crippen molar-refractivity contribution in [3.05, 3.63) is 71.3 Å². The molecule has 0 saturated carbocycles. The number of carbonyl (C=O) groups excluding carboxylic acids is 2. The second-order valence-electron chi connectivity index (χ2n) is 7.69. The number of likely N-dealkylation sites (N-methyl/N-ethyl adjacent to an activating group) is 1. The standard InChI is InChI=1S/C22H22N6O2/c1-27-17-9-5-8-15-10-11-28(19(15)17)13-16(22(27)30)23-21(29)20-24-18(25-26-20)12-14-6-3-2-4-7-14/h2-9,16H,10-13H2,1H3,(H,23,29)(H,24,25,26). The molecule has 0 spiro atoms. The summed E-state index contributed by atoms with van der Waals surface area (Å²) < 4.78 is 0. The Balaban J connectivity index is 1.33. The predicted molar refractivity (Wildman–Crippen MR) is 113 cm³/mol. The minimum atomic E-state index is -0.663. The van der Waals surface area contributed by atoms with Crippen LogP contribution in [0.3, 0.4) is 0 Å². The summed E-state index contributed by atoms with van der Waals surface area (Å²) in [5.74, 6) is 0.140. The molecule has 8 heteroatoms. The average molecular weight is 402 g/mol. The van der Waals surface area contributed by atoms with Gasteiger partial charge in [-0.05, 0) is 23.6 Å². The molecule has 0 saturated heterocycles. The fourth-order valence-electron chi connectivity index (χ4n) is 4.22. The normalized spacial score (nSPS) is 17.6. The minimum Gasteiger partial charge on any atom is -0.367 e. The highest BCUT2D eigenvalue weighted by Gasteiger charge is 2.36. The van der Waals surface area contributed by atoms with Crippen molar-refractivity contribution in [1.29, 1.82) is 0 Å². The number of aromatic amines is 1. The van der Waals surface area contributed by atoms with Gasteiger partial charge in [0.25, 0.3) is 11.8 Å². The van der Waals surface area contributed by atoms with Crippen molar-refractivity contribution < 1.29 is 9.59 Å². The van der Waals surface area contributed by atoms with Crippen LogP contribution in [-0.2, 0) is 17.6 Å². The Kier molecular flexibility index (Phi) is 4.46. The molecule has 2 N–H and O–H groups in total. The van der Waals surface area contributed by atoms with E-state index in [9.17, 15) is 9.59 Å². The number of para-hydroxylation sites is 1. The van der Waals surface area contributed by atoms with E-state index in [-0.39, 0.29) is 11.7 Å². The number of amides is 2. The van der Waals surface area contributed by atoms with E-state index in [4.69, 9.17) is 0 Å².